The van der Waals surface area contributed by atoms with Gasteiger partial charge >= 0.3 is 0 Å². The van der Waals surface area contributed by atoms with E-state index in [1.807, 2.05) is 30.3 Å². The lowest BCUT2D eigenvalue weighted by Gasteiger charge is -2.30. The zero-order valence-electron chi connectivity index (χ0n) is 15.2. The summed E-state index contributed by atoms with van der Waals surface area (Å²) in [5, 5.41) is 3.98. The van der Waals surface area contributed by atoms with E-state index in [1.165, 1.54) is 17.5 Å². The Balaban J connectivity index is 1.57. The van der Waals surface area contributed by atoms with Crippen LogP contribution in [0.2, 0.25) is 0 Å². The summed E-state index contributed by atoms with van der Waals surface area (Å²) < 4.78 is 43.8. The van der Waals surface area contributed by atoms with Crippen LogP contribution in [0, 0.1) is 0 Å². The Bertz CT molecular complexity index is 1050. The molecule has 0 saturated carbocycles. The van der Waals surface area contributed by atoms with Crippen LogP contribution in [0.3, 0.4) is 0 Å². The monoisotopic (exact) mass is 401 g/mol. The molecule has 146 valence electrons. The number of aromatic nitrogens is 2. The van der Waals surface area contributed by atoms with Gasteiger partial charge in [0.05, 0.1) is 13.7 Å². The molecule has 1 saturated heterocycles. The van der Waals surface area contributed by atoms with Crippen molar-refractivity contribution in [1.82, 2.24) is 14.4 Å². The maximum Gasteiger partial charge on any atom is 0.258 e. The summed E-state index contributed by atoms with van der Waals surface area (Å²) in [6, 6.07) is 15.9. The second-order valence-corrected chi connectivity index (χ2v) is 8.10. The van der Waals surface area contributed by atoms with E-state index < -0.39 is 16.1 Å². The van der Waals surface area contributed by atoms with Crippen LogP contribution in [0.4, 0.5) is 0 Å². The third kappa shape index (κ3) is 3.51. The predicted octanol–water partition coefficient (Wildman–Crippen LogP) is 2.51. The molecule has 3 aromatic rings. The van der Waals surface area contributed by atoms with E-state index in [1.54, 1.807) is 18.2 Å². The first-order valence-electron chi connectivity index (χ1n) is 8.73. The van der Waals surface area contributed by atoms with Crippen molar-refractivity contribution in [2.75, 3.05) is 26.8 Å². The number of nitrogens with zero attached hydrogens (tertiary/aromatic N) is 3. The van der Waals surface area contributed by atoms with E-state index in [0.717, 1.165) is 5.56 Å². The largest absolute Gasteiger partial charge is 0.495 e. The number of hydrogen-bond donors (Lipinski definition) is 0. The van der Waals surface area contributed by atoms with E-state index >= 15 is 0 Å². The number of sulfonamides is 1. The normalized spacial score (nSPS) is 18.1. The second kappa shape index (κ2) is 7.70. The summed E-state index contributed by atoms with van der Waals surface area (Å²) in [6.07, 6.45) is -0.612. The van der Waals surface area contributed by atoms with Crippen molar-refractivity contribution in [2.45, 2.75) is 11.0 Å². The van der Waals surface area contributed by atoms with Crippen LogP contribution in [0.1, 0.15) is 11.9 Å². The number of morpholine rings is 1. The maximum absolute atomic E-state index is 13.1. The highest BCUT2D eigenvalue weighted by atomic mass is 32.2. The highest BCUT2D eigenvalue weighted by Gasteiger charge is 2.35. The Hall–Kier alpha value is -2.75. The van der Waals surface area contributed by atoms with Crippen molar-refractivity contribution in [3.8, 4) is 17.2 Å². The predicted molar refractivity (Wildman–Crippen MR) is 100 cm³/mol. The first kappa shape index (κ1) is 18.6. The number of rotatable bonds is 5. The molecule has 0 unspecified atom stereocenters. The van der Waals surface area contributed by atoms with Gasteiger partial charge in [0.15, 0.2) is 0 Å². The first-order valence-corrected chi connectivity index (χ1v) is 10.2. The molecule has 1 aromatic heterocycles. The Labute approximate surface area is 162 Å². The Kier molecular flexibility index (Phi) is 5.12. The van der Waals surface area contributed by atoms with Gasteiger partial charge < -0.3 is 14.0 Å². The Morgan fingerprint density at radius 3 is 2.64 bits per heavy atom. The lowest BCUT2D eigenvalue weighted by atomic mass is 10.2. The van der Waals surface area contributed by atoms with Gasteiger partial charge in [0.1, 0.15) is 16.7 Å². The molecule has 0 radical (unpaired) electrons. The molecule has 9 heteroatoms. The molecule has 1 aliphatic heterocycles. The second-order valence-electron chi connectivity index (χ2n) is 6.20. The fourth-order valence-electron chi connectivity index (χ4n) is 3.03. The minimum absolute atomic E-state index is 0.0914. The van der Waals surface area contributed by atoms with Gasteiger partial charge in [-0.15, -0.1) is 0 Å². The topological polar surface area (TPSA) is 94.8 Å². The SMILES string of the molecule is COc1ccccc1S(=O)(=O)N1CCO[C@@H](c2noc(-c3ccccc3)n2)C1. The molecule has 1 fully saturated rings. The number of methoxy groups -OCH3 is 1. The van der Waals surface area contributed by atoms with Crippen LogP contribution in [-0.4, -0.2) is 49.7 Å². The van der Waals surface area contributed by atoms with E-state index in [9.17, 15) is 8.42 Å². The van der Waals surface area contributed by atoms with Gasteiger partial charge in [-0.05, 0) is 24.3 Å². The van der Waals surface area contributed by atoms with Crippen LogP contribution < -0.4 is 4.74 Å². The van der Waals surface area contributed by atoms with Gasteiger partial charge in [0, 0.05) is 18.7 Å². The molecule has 28 heavy (non-hydrogen) atoms. The fourth-order valence-corrected chi connectivity index (χ4v) is 4.62. The van der Waals surface area contributed by atoms with E-state index in [4.69, 9.17) is 14.0 Å². The van der Waals surface area contributed by atoms with Crippen molar-refractivity contribution in [2.24, 2.45) is 0 Å². The molecule has 2 aromatic carbocycles. The molecule has 1 aliphatic rings. The van der Waals surface area contributed by atoms with Crippen LogP contribution in [-0.2, 0) is 14.8 Å². The highest BCUT2D eigenvalue weighted by Crippen LogP contribution is 2.30. The zero-order valence-corrected chi connectivity index (χ0v) is 16.0. The molecule has 0 aliphatic carbocycles. The number of benzene rings is 2. The molecule has 1 atom stereocenters. The number of ether oxygens (including phenoxy) is 2. The molecule has 0 bridgehead atoms. The molecule has 0 amide bonds. The minimum atomic E-state index is -3.75. The summed E-state index contributed by atoms with van der Waals surface area (Å²) in [7, 11) is -2.30. The van der Waals surface area contributed by atoms with Crippen molar-refractivity contribution in [3.05, 3.63) is 60.4 Å². The van der Waals surface area contributed by atoms with Gasteiger partial charge in [-0.2, -0.15) is 9.29 Å². The summed E-state index contributed by atoms with van der Waals surface area (Å²) in [4.78, 5) is 4.50. The van der Waals surface area contributed by atoms with Gasteiger partial charge in [-0.25, -0.2) is 8.42 Å². The van der Waals surface area contributed by atoms with Gasteiger partial charge in [-0.3, -0.25) is 0 Å². The van der Waals surface area contributed by atoms with Crippen molar-refractivity contribution >= 4 is 10.0 Å². The molecule has 0 spiro atoms. The Morgan fingerprint density at radius 1 is 1.11 bits per heavy atom. The van der Waals surface area contributed by atoms with E-state index in [-0.39, 0.29) is 24.6 Å². The third-order valence-corrected chi connectivity index (χ3v) is 6.37. The molecule has 2 heterocycles. The molecular formula is C19H19N3O5S. The van der Waals surface area contributed by atoms with Crippen molar-refractivity contribution in [3.63, 3.8) is 0 Å². The summed E-state index contributed by atoms with van der Waals surface area (Å²) >= 11 is 0. The van der Waals surface area contributed by atoms with Gasteiger partial charge in [0.2, 0.25) is 15.8 Å². The highest BCUT2D eigenvalue weighted by molar-refractivity contribution is 7.89. The first-order chi connectivity index (χ1) is 13.6. The third-order valence-electron chi connectivity index (χ3n) is 4.47. The molecule has 8 nitrogen and oxygen atoms in total. The molecular weight excluding hydrogens is 382 g/mol. The van der Waals surface area contributed by atoms with E-state index in [0.29, 0.717) is 17.5 Å². The van der Waals surface area contributed by atoms with Crippen LogP contribution in [0.25, 0.3) is 11.5 Å². The minimum Gasteiger partial charge on any atom is -0.495 e. The Morgan fingerprint density at radius 2 is 1.86 bits per heavy atom. The average molecular weight is 401 g/mol. The quantitative estimate of drug-likeness (QED) is 0.648. The molecule has 0 N–H and O–H groups in total. The average Bonchev–Trinajstić information content (AvgIpc) is 3.25. The summed E-state index contributed by atoms with van der Waals surface area (Å²) in [6.45, 7) is 0.558. The molecule has 4 rings (SSSR count). The smallest absolute Gasteiger partial charge is 0.258 e. The van der Waals surface area contributed by atoms with Crippen LogP contribution in [0.5, 0.6) is 5.75 Å². The standard InChI is InChI=1S/C19H19N3O5S/c1-25-15-9-5-6-10-17(15)28(23,24)22-11-12-26-16(13-22)18-20-19(27-21-18)14-7-3-2-4-8-14/h2-10,16H,11-13H2,1H3/t16-/m1/s1. The van der Waals surface area contributed by atoms with Crippen molar-refractivity contribution in [1.29, 1.82) is 0 Å². The fraction of sp³-hybridized carbons (Fsp3) is 0.263. The van der Waals surface area contributed by atoms with Crippen molar-refractivity contribution < 1.29 is 22.4 Å². The van der Waals surface area contributed by atoms with Gasteiger partial charge in [0.25, 0.3) is 5.89 Å². The lowest BCUT2D eigenvalue weighted by molar-refractivity contribution is -0.00862. The van der Waals surface area contributed by atoms with Crippen LogP contribution >= 0.6 is 0 Å². The zero-order chi connectivity index (χ0) is 19.6. The lowest BCUT2D eigenvalue weighted by Crippen LogP contribution is -2.42. The number of para-hydroxylation sites is 1. The maximum atomic E-state index is 13.1. The van der Waals surface area contributed by atoms with Crippen LogP contribution in [0.15, 0.2) is 64.0 Å². The van der Waals surface area contributed by atoms with Gasteiger partial charge in [-0.1, -0.05) is 35.5 Å². The van der Waals surface area contributed by atoms with E-state index in [2.05, 4.69) is 10.1 Å². The summed E-state index contributed by atoms with van der Waals surface area (Å²) in [5.74, 6) is 0.985. The summed E-state index contributed by atoms with van der Waals surface area (Å²) in [5.41, 5.74) is 0.788. The number of hydrogen-bond acceptors (Lipinski definition) is 7.